The molecule has 5 heteroatoms. The number of amides is 1. The fourth-order valence-electron chi connectivity index (χ4n) is 1.44. The third kappa shape index (κ3) is 6.41. The molecular formula is C12H21N3OS. The Morgan fingerprint density at radius 1 is 1.41 bits per heavy atom. The van der Waals surface area contributed by atoms with Crippen LogP contribution >= 0.6 is 11.3 Å². The molecule has 0 fully saturated rings. The van der Waals surface area contributed by atoms with Crippen LogP contribution in [0.15, 0.2) is 17.5 Å². The molecule has 0 atom stereocenters. The number of thiophene rings is 1. The molecule has 0 radical (unpaired) electrons. The molecule has 0 unspecified atom stereocenters. The van der Waals surface area contributed by atoms with Crippen LogP contribution in [0.25, 0.3) is 0 Å². The van der Waals surface area contributed by atoms with Gasteiger partial charge >= 0.3 is 0 Å². The number of carbonyl (C=O) groups is 1. The Bertz CT molecular complexity index is 325. The molecule has 0 aromatic carbocycles. The average Bonchev–Trinajstić information content (AvgIpc) is 2.69. The van der Waals surface area contributed by atoms with Crippen molar-refractivity contribution in [2.75, 3.05) is 40.8 Å². The van der Waals surface area contributed by atoms with Crippen molar-refractivity contribution >= 4 is 17.2 Å². The van der Waals surface area contributed by atoms with Crippen molar-refractivity contribution in [2.45, 2.75) is 6.54 Å². The lowest BCUT2D eigenvalue weighted by atomic mass is 10.4. The lowest BCUT2D eigenvalue weighted by molar-refractivity contribution is -0.122. The maximum absolute atomic E-state index is 11.6. The zero-order chi connectivity index (χ0) is 12.7. The van der Waals surface area contributed by atoms with Gasteiger partial charge in [0.1, 0.15) is 0 Å². The van der Waals surface area contributed by atoms with E-state index in [1.54, 1.807) is 11.3 Å². The van der Waals surface area contributed by atoms with Crippen LogP contribution in [0.2, 0.25) is 0 Å². The second-order valence-corrected chi connectivity index (χ2v) is 5.44. The third-order valence-corrected chi connectivity index (χ3v) is 3.16. The first-order valence-corrected chi connectivity index (χ1v) is 6.58. The predicted octanol–water partition coefficient (Wildman–Crippen LogP) is 0.858. The highest BCUT2D eigenvalue weighted by atomic mass is 32.1. The summed E-state index contributed by atoms with van der Waals surface area (Å²) in [5, 5.41) is 4.96. The molecular weight excluding hydrogens is 234 g/mol. The SMILES string of the molecule is CN(C)CCNC(=O)CN(C)Cc1cccs1. The van der Waals surface area contributed by atoms with Gasteiger partial charge in [-0.25, -0.2) is 0 Å². The zero-order valence-corrected chi connectivity index (χ0v) is 11.6. The molecule has 0 bridgehead atoms. The molecule has 0 spiro atoms. The molecule has 0 aliphatic rings. The summed E-state index contributed by atoms with van der Waals surface area (Å²) in [5.74, 6) is 0.0888. The second kappa shape index (κ2) is 7.42. The molecule has 0 aliphatic heterocycles. The van der Waals surface area contributed by atoms with Gasteiger partial charge in [-0.2, -0.15) is 0 Å². The van der Waals surface area contributed by atoms with E-state index in [2.05, 4.69) is 21.7 Å². The number of hydrogen-bond acceptors (Lipinski definition) is 4. The number of carbonyl (C=O) groups excluding carboxylic acids is 1. The molecule has 0 aliphatic carbocycles. The van der Waals surface area contributed by atoms with Crippen molar-refractivity contribution in [3.05, 3.63) is 22.4 Å². The maximum Gasteiger partial charge on any atom is 0.234 e. The van der Waals surface area contributed by atoms with Gasteiger partial charge < -0.3 is 10.2 Å². The first kappa shape index (κ1) is 14.2. The summed E-state index contributed by atoms with van der Waals surface area (Å²) in [6, 6.07) is 4.12. The summed E-state index contributed by atoms with van der Waals surface area (Å²) in [5.41, 5.74) is 0. The highest BCUT2D eigenvalue weighted by molar-refractivity contribution is 7.09. The minimum absolute atomic E-state index is 0.0888. The van der Waals surface area contributed by atoms with Crippen molar-refractivity contribution in [1.29, 1.82) is 0 Å². The Labute approximate surface area is 107 Å². The monoisotopic (exact) mass is 255 g/mol. The van der Waals surface area contributed by atoms with Gasteiger partial charge in [-0.05, 0) is 32.6 Å². The lowest BCUT2D eigenvalue weighted by Gasteiger charge is -2.16. The minimum Gasteiger partial charge on any atom is -0.354 e. The van der Waals surface area contributed by atoms with E-state index in [1.807, 2.05) is 32.1 Å². The first-order chi connectivity index (χ1) is 8.08. The van der Waals surface area contributed by atoms with Gasteiger partial charge in [0.25, 0.3) is 0 Å². The third-order valence-electron chi connectivity index (χ3n) is 2.30. The largest absolute Gasteiger partial charge is 0.354 e. The number of likely N-dealkylation sites (N-methyl/N-ethyl adjacent to an activating group) is 2. The summed E-state index contributed by atoms with van der Waals surface area (Å²) in [4.78, 5) is 17.0. The van der Waals surface area contributed by atoms with Crippen molar-refractivity contribution in [1.82, 2.24) is 15.1 Å². The van der Waals surface area contributed by atoms with Crippen molar-refractivity contribution in [3.8, 4) is 0 Å². The first-order valence-electron chi connectivity index (χ1n) is 5.70. The quantitative estimate of drug-likeness (QED) is 0.785. The Hall–Kier alpha value is -0.910. The molecule has 0 saturated heterocycles. The molecule has 1 N–H and O–H groups in total. The molecule has 96 valence electrons. The van der Waals surface area contributed by atoms with Crippen LogP contribution in [-0.4, -0.2) is 56.5 Å². The average molecular weight is 255 g/mol. The Morgan fingerprint density at radius 3 is 2.76 bits per heavy atom. The molecule has 4 nitrogen and oxygen atoms in total. The Kier molecular flexibility index (Phi) is 6.18. The van der Waals surface area contributed by atoms with Gasteiger partial charge in [0, 0.05) is 24.5 Å². The van der Waals surface area contributed by atoms with Crippen molar-refractivity contribution < 1.29 is 4.79 Å². The number of nitrogens with zero attached hydrogens (tertiary/aromatic N) is 2. The van der Waals surface area contributed by atoms with Crippen LogP contribution in [0.5, 0.6) is 0 Å². The van der Waals surface area contributed by atoms with Crippen LogP contribution in [0.3, 0.4) is 0 Å². The Balaban J connectivity index is 2.17. The van der Waals surface area contributed by atoms with Crippen LogP contribution < -0.4 is 5.32 Å². The van der Waals surface area contributed by atoms with Gasteiger partial charge in [0.2, 0.25) is 5.91 Å². The van der Waals surface area contributed by atoms with E-state index >= 15 is 0 Å². The van der Waals surface area contributed by atoms with E-state index in [-0.39, 0.29) is 5.91 Å². The van der Waals surface area contributed by atoms with E-state index in [0.717, 1.165) is 13.1 Å². The van der Waals surface area contributed by atoms with Crippen molar-refractivity contribution in [2.24, 2.45) is 0 Å². The van der Waals surface area contributed by atoms with E-state index in [9.17, 15) is 4.79 Å². The van der Waals surface area contributed by atoms with E-state index < -0.39 is 0 Å². The highest BCUT2D eigenvalue weighted by Gasteiger charge is 2.07. The van der Waals surface area contributed by atoms with Crippen molar-refractivity contribution in [3.63, 3.8) is 0 Å². The molecule has 1 aromatic heterocycles. The summed E-state index contributed by atoms with van der Waals surface area (Å²) in [6.45, 7) is 2.86. The van der Waals surface area contributed by atoms with E-state index in [0.29, 0.717) is 13.1 Å². The second-order valence-electron chi connectivity index (χ2n) is 4.40. The molecule has 1 heterocycles. The fraction of sp³-hybridized carbons (Fsp3) is 0.583. The van der Waals surface area contributed by atoms with Gasteiger partial charge in [0.05, 0.1) is 6.54 Å². The van der Waals surface area contributed by atoms with Gasteiger partial charge in [0.15, 0.2) is 0 Å². The molecule has 1 rings (SSSR count). The highest BCUT2D eigenvalue weighted by Crippen LogP contribution is 2.10. The predicted molar refractivity (Wildman–Crippen MR) is 72.2 cm³/mol. The molecule has 17 heavy (non-hydrogen) atoms. The summed E-state index contributed by atoms with van der Waals surface area (Å²) >= 11 is 1.72. The summed E-state index contributed by atoms with van der Waals surface area (Å²) in [7, 11) is 5.95. The summed E-state index contributed by atoms with van der Waals surface area (Å²) in [6.07, 6.45) is 0. The van der Waals surface area contributed by atoms with Gasteiger partial charge in [-0.3, -0.25) is 9.69 Å². The smallest absolute Gasteiger partial charge is 0.234 e. The zero-order valence-electron chi connectivity index (χ0n) is 10.8. The fourth-order valence-corrected chi connectivity index (χ4v) is 2.23. The van der Waals surface area contributed by atoms with Crippen LogP contribution in [0, 0.1) is 0 Å². The molecule has 0 saturated carbocycles. The Morgan fingerprint density at radius 2 is 2.18 bits per heavy atom. The van der Waals surface area contributed by atoms with E-state index in [1.165, 1.54) is 4.88 Å². The standard InChI is InChI=1S/C12H21N3OS/c1-14(2)7-6-13-12(16)10-15(3)9-11-5-4-8-17-11/h4-5,8H,6-7,9-10H2,1-3H3,(H,13,16). The van der Waals surface area contributed by atoms with E-state index in [4.69, 9.17) is 0 Å². The minimum atomic E-state index is 0.0888. The summed E-state index contributed by atoms with van der Waals surface area (Å²) < 4.78 is 0. The number of rotatable bonds is 7. The topological polar surface area (TPSA) is 35.6 Å². The normalized spacial score (nSPS) is 11.1. The van der Waals surface area contributed by atoms with Crippen LogP contribution in [0.4, 0.5) is 0 Å². The number of nitrogens with one attached hydrogen (secondary N) is 1. The van der Waals surface area contributed by atoms with Crippen LogP contribution in [-0.2, 0) is 11.3 Å². The van der Waals surface area contributed by atoms with Crippen LogP contribution in [0.1, 0.15) is 4.88 Å². The molecule has 1 amide bonds. The number of hydrogen-bond donors (Lipinski definition) is 1. The lowest BCUT2D eigenvalue weighted by Crippen LogP contribution is -2.37. The maximum atomic E-state index is 11.6. The van der Waals surface area contributed by atoms with Gasteiger partial charge in [-0.1, -0.05) is 6.07 Å². The van der Waals surface area contributed by atoms with Gasteiger partial charge in [-0.15, -0.1) is 11.3 Å². The molecule has 1 aromatic rings.